The van der Waals surface area contributed by atoms with Gasteiger partial charge in [-0.3, -0.25) is 9.59 Å². The third-order valence-electron chi connectivity index (χ3n) is 6.10. The Morgan fingerprint density at radius 1 is 1.00 bits per heavy atom. The van der Waals surface area contributed by atoms with Crippen molar-refractivity contribution in [3.05, 3.63) is 70.8 Å². The minimum atomic E-state index is -0.460. The van der Waals surface area contributed by atoms with Crippen LogP contribution in [0.3, 0.4) is 0 Å². The van der Waals surface area contributed by atoms with E-state index in [0.29, 0.717) is 32.4 Å². The molecule has 0 aromatic heterocycles. The standard InChI is InChI=1S/C29H42N2O2/c1-7-9-19-30-28(33)26(8-2)31(21-24-12-10-11-22(3)20-24)27(32)18-15-23-13-16-25(17-14-23)29(4,5)6/h10-14,16-17,20,26H,7-9,15,18-19,21H2,1-6H3,(H,30,33)/t26-/m1/s1. The Kier molecular flexibility index (Phi) is 10.1. The van der Waals surface area contributed by atoms with Crippen molar-refractivity contribution in [3.8, 4) is 0 Å². The number of hydrogen-bond acceptors (Lipinski definition) is 2. The van der Waals surface area contributed by atoms with Gasteiger partial charge in [0.15, 0.2) is 0 Å². The Hall–Kier alpha value is -2.62. The fourth-order valence-corrected chi connectivity index (χ4v) is 4.00. The van der Waals surface area contributed by atoms with E-state index in [2.05, 4.69) is 63.3 Å². The van der Waals surface area contributed by atoms with Crippen molar-refractivity contribution < 1.29 is 9.59 Å². The maximum absolute atomic E-state index is 13.4. The van der Waals surface area contributed by atoms with Crippen molar-refractivity contribution in [2.75, 3.05) is 6.54 Å². The summed E-state index contributed by atoms with van der Waals surface area (Å²) in [5, 5.41) is 3.03. The summed E-state index contributed by atoms with van der Waals surface area (Å²) in [5.74, 6) is -0.0321. The first-order chi connectivity index (χ1) is 15.7. The van der Waals surface area contributed by atoms with Crippen LogP contribution in [0, 0.1) is 6.92 Å². The first kappa shape index (κ1) is 26.6. The molecule has 0 aliphatic carbocycles. The van der Waals surface area contributed by atoms with Gasteiger partial charge in [-0.25, -0.2) is 0 Å². The summed E-state index contributed by atoms with van der Waals surface area (Å²) in [5.41, 5.74) is 4.75. The van der Waals surface area contributed by atoms with Crippen molar-refractivity contribution in [2.24, 2.45) is 0 Å². The van der Waals surface area contributed by atoms with E-state index in [1.54, 1.807) is 4.90 Å². The Labute approximate surface area is 200 Å². The Morgan fingerprint density at radius 2 is 1.70 bits per heavy atom. The van der Waals surface area contributed by atoms with Gasteiger partial charge in [0.05, 0.1) is 0 Å². The molecule has 0 bridgehead atoms. The van der Waals surface area contributed by atoms with Gasteiger partial charge in [0.1, 0.15) is 6.04 Å². The summed E-state index contributed by atoms with van der Waals surface area (Å²) in [4.78, 5) is 28.1. The van der Waals surface area contributed by atoms with Gasteiger partial charge in [0.25, 0.3) is 0 Å². The average Bonchev–Trinajstić information content (AvgIpc) is 2.77. The summed E-state index contributed by atoms with van der Waals surface area (Å²) < 4.78 is 0. The van der Waals surface area contributed by atoms with E-state index < -0.39 is 6.04 Å². The second kappa shape index (κ2) is 12.6. The van der Waals surface area contributed by atoms with Crippen LogP contribution in [-0.4, -0.2) is 29.3 Å². The molecule has 0 heterocycles. The third-order valence-corrected chi connectivity index (χ3v) is 6.10. The zero-order valence-corrected chi connectivity index (χ0v) is 21.4. The molecule has 4 nitrogen and oxygen atoms in total. The largest absolute Gasteiger partial charge is 0.354 e. The number of nitrogens with one attached hydrogen (secondary N) is 1. The second-order valence-electron chi connectivity index (χ2n) is 10.0. The first-order valence-corrected chi connectivity index (χ1v) is 12.4. The number of nitrogens with zero attached hydrogens (tertiary/aromatic N) is 1. The lowest BCUT2D eigenvalue weighted by Gasteiger charge is -2.31. The third kappa shape index (κ3) is 8.34. The van der Waals surface area contributed by atoms with Gasteiger partial charge >= 0.3 is 0 Å². The van der Waals surface area contributed by atoms with Crippen molar-refractivity contribution in [3.63, 3.8) is 0 Å². The quantitative estimate of drug-likeness (QED) is 0.430. The lowest BCUT2D eigenvalue weighted by atomic mass is 9.86. The molecule has 33 heavy (non-hydrogen) atoms. The molecule has 1 atom stereocenters. The molecule has 0 unspecified atom stereocenters. The summed E-state index contributed by atoms with van der Waals surface area (Å²) in [6.45, 7) is 13.8. The highest BCUT2D eigenvalue weighted by Gasteiger charge is 2.28. The number of amides is 2. The normalized spacial score (nSPS) is 12.3. The predicted octanol–water partition coefficient (Wildman–Crippen LogP) is 5.95. The van der Waals surface area contributed by atoms with Crippen LogP contribution < -0.4 is 5.32 Å². The van der Waals surface area contributed by atoms with Crippen molar-refractivity contribution >= 4 is 11.8 Å². The summed E-state index contributed by atoms with van der Waals surface area (Å²) in [6.07, 6.45) is 3.62. The second-order valence-corrected chi connectivity index (χ2v) is 10.0. The van der Waals surface area contributed by atoms with E-state index in [9.17, 15) is 9.59 Å². The highest BCUT2D eigenvalue weighted by molar-refractivity contribution is 5.87. The highest BCUT2D eigenvalue weighted by atomic mass is 16.2. The Morgan fingerprint density at radius 3 is 2.27 bits per heavy atom. The number of unbranched alkanes of at least 4 members (excludes halogenated alkanes) is 1. The van der Waals surface area contributed by atoms with Gasteiger partial charge in [0.2, 0.25) is 11.8 Å². The van der Waals surface area contributed by atoms with Gasteiger partial charge < -0.3 is 10.2 Å². The van der Waals surface area contributed by atoms with E-state index in [0.717, 1.165) is 29.5 Å². The SMILES string of the molecule is CCCCNC(=O)[C@@H](CC)N(Cc1cccc(C)c1)C(=O)CCc1ccc(C(C)(C)C)cc1. The lowest BCUT2D eigenvalue weighted by Crippen LogP contribution is -2.49. The molecule has 0 saturated carbocycles. The number of hydrogen-bond donors (Lipinski definition) is 1. The van der Waals surface area contributed by atoms with Crippen LogP contribution in [0.5, 0.6) is 0 Å². The topological polar surface area (TPSA) is 49.4 Å². The minimum Gasteiger partial charge on any atom is -0.354 e. The Bertz CT molecular complexity index is 897. The molecule has 2 aromatic rings. The van der Waals surface area contributed by atoms with Crippen LogP contribution in [0.25, 0.3) is 0 Å². The molecule has 0 aliphatic rings. The maximum Gasteiger partial charge on any atom is 0.242 e. The smallest absolute Gasteiger partial charge is 0.242 e. The number of carbonyl (C=O) groups is 2. The summed E-state index contributed by atoms with van der Waals surface area (Å²) >= 11 is 0. The molecule has 0 fully saturated rings. The molecule has 0 saturated heterocycles. The number of aryl methyl sites for hydroxylation is 2. The van der Waals surface area contributed by atoms with E-state index in [1.807, 2.05) is 32.0 Å². The molecule has 180 valence electrons. The van der Waals surface area contributed by atoms with Crippen LogP contribution in [0.2, 0.25) is 0 Å². The molecule has 0 spiro atoms. The van der Waals surface area contributed by atoms with E-state index in [1.165, 1.54) is 5.56 Å². The number of rotatable bonds is 11. The van der Waals surface area contributed by atoms with Crippen LogP contribution in [0.15, 0.2) is 48.5 Å². The lowest BCUT2D eigenvalue weighted by molar-refractivity contribution is -0.141. The monoisotopic (exact) mass is 450 g/mol. The van der Waals surface area contributed by atoms with Gasteiger partial charge in [-0.15, -0.1) is 0 Å². The van der Waals surface area contributed by atoms with Crippen molar-refractivity contribution in [2.45, 2.75) is 91.6 Å². The van der Waals surface area contributed by atoms with E-state index in [-0.39, 0.29) is 17.2 Å². The van der Waals surface area contributed by atoms with Gasteiger partial charge in [0, 0.05) is 19.5 Å². The summed E-state index contributed by atoms with van der Waals surface area (Å²) in [7, 11) is 0. The highest BCUT2D eigenvalue weighted by Crippen LogP contribution is 2.23. The number of benzene rings is 2. The molecule has 2 amide bonds. The fraction of sp³-hybridized carbons (Fsp3) is 0.517. The van der Waals surface area contributed by atoms with E-state index in [4.69, 9.17) is 0 Å². The first-order valence-electron chi connectivity index (χ1n) is 12.4. The number of carbonyl (C=O) groups excluding carboxylic acids is 2. The van der Waals surface area contributed by atoms with Crippen molar-refractivity contribution in [1.82, 2.24) is 10.2 Å². The zero-order valence-electron chi connectivity index (χ0n) is 21.4. The molecule has 2 aromatic carbocycles. The van der Waals surface area contributed by atoms with E-state index >= 15 is 0 Å². The van der Waals surface area contributed by atoms with Gasteiger partial charge in [-0.1, -0.05) is 95.1 Å². The fourth-order valence-electron chi connectivity index (χ4n) is 4.00. The molecule has 0 aliphatic heterocycles. The molecular weight excluding hydrogens is 408 g/mol. The average molecular weight is 451 g/mol. The van der Waals surface area contributed by atoms with Crippen LogP contribution in [0.1, 0.15) is 82.6 Å². The predicted molar refractivity (Wildman–Crippen MR) is 137 cm³/mol. The summed E-state index contributed by atoms with van der Waals surface area (Å²) in [6, 6.07) is 16.3. The van der Waals surface area contributed by atoms with Crippen molar-refractivity contribution in [1.29, 1.82) is 0 Å². The van der Waals surface area contributed by atoms with Crippen LogP contribution >= 0.6 is 0 Å². The zero-order chi connectivity index (χ0) is 24.4. The molecule has 4 heteroatoms. The Balaban J connectivity index is 2.16. The van der Waals surface area contributed by atoms with Gasteiger partial charge in [-0.05, 0) is 48.3 Å². The molecule has 2 rings (SSSR count). The molecular formula is C29H42N2O2. The minimum absolute atomic E-state index is 0.0221. The molecule has 0 radical (unpaired) electrons. The molecule has 1 N–H and O–H groups in total. The van der Waals surface area contributed by atoms with Crippen LogP contribution in [0.4, 0.5) is 0 Å². The van der Waals surface area contributed by atoms with Crippen LogP contribution in [-0.2, 0) is 28.0 Å². The van der Waals surface area contributed by atoms with Gasteiger partial charge in [-0.2, -0.15) is 0 Å². The maximum atomic E-state index is 13.4.